The zero-order valence-corrected chi connectivity index (χ0v) is 24.0. The summed E-state index contributed by atoms with van der Waals surface area (Å²) in [5.41, 5.74) is 1.53. The quantitative estimate of drug-likeness (QED) is 0.324. The van der Waals surface area contributed by atoms with Crippen LogP contribution in [0.5, 0.6) is 0 Å². The monoisotopic (exact) mass is 589 g/mol. The van der Waals surface area contributed by atoms with Gasteiger partial charge in [-0.15, -0.1) is 0 Å². The summed E-state index contributed by atoms with van der Waals surface area (Å²) in [5, 5.41) is 2.64. The number of hydrogen-bond donors (Lipinski definition) is 1. The number of aryl methyl sites for hydroxylation is 1. The van der Waals surface area contributed by atoms with Crippen LogP contribution < -0.4 is 9.62 Å². The highest BCUT2D eigenvalue weighted by atomic mass is 32.2. The van der Waals surface area contributed by atoms with Gasteiger partial charge in [0.25, 0.3) is 0 Å². The number of alkyl halides is 3. The number of nitrogens with one attached hydrogen (secondary N) is 1. The second kappa shape index (κ2) is 13.7. The maximum absolute atomic E-state index is 13.7. The molecule has 0 bridgehead atoms. The number of halogens is 3. The van der Waals surface area contributed by atoms with Gasteiger partial charge in [-0.2, -0.15) is 13.2 Å². The summed E-state index contributed by atoms with van der Waals surface area (Å²) in [4.78, 5) is 28.2. The van der Waals surface area contributed by atoms with Crippen LogP contribution in [-0.2, 0) is 38.8 Å². The maximum atomic E-state index is 13.7. The van der Waals surface area contributed by atoms with E-state index in [1.165, 1.54) is 18.0 Å². The van der Waals surface area contributed by atoms with E-state index in [0.717, 1.165) is 45.5 Å². The third-order valence-corrected chi connectivity index (χ3v) is 7.93. The van der Waals surface area contributed by atoms with E-state index in [9.17, 15) is 31.2 Å². The number of carbonyl (C=O) groups excluding carboxylic acids is 2. The Labute approximate surface area is 239 Å². The number of rotatable bonds is 12. The lowest BCUT2D eigenvalue weighted by Crippen LogP contribution is -2.50. The SMILES string of the molecule is CNC(=O)[C@H](Cc1ccccc1)N(Cc1ccccc1C)C(=O)CCCN(c1cccc(C(F)(F)F)c1)S(C)(=O)=O. The van der Waals surface area contributed by atoms with Gasteiger partial charge < -0.3 is 10.2 Å². The zero-order valence-electron chi connectivity index (χ0n) is 23.2. The van der Waals surface area contributed by atoms with Crippen molar-refractivity contribution in [3.63, 3.8) is 0 Å². The van der Waals surface area contributed by atoms with Crippen LogP contribution in [0.4, 0.5) is 18.9 Å². The smallest absolute Gasteiger partial charge is 0.357 e. The van der Waals surface area contributed by atoms with E-state index in [1.807, 2.05) is 61.5 Å². The van der Waals surface area contributed by atoms with Crippen molar-refractivity contribution in [3.8, 4) is 0 Å². The normalized spacial score (nSPS) is 12.4. The van der Waals surface area contributed by atoms with Crippen LogP contribution in [0, 0.1) is 6.92 Å². The lowest BCUT2D eigenvalue weighted by atomic mass is 10.0. The maximum Gasteiger partial charge on any atom is 0.416 e. The van der Waals surface area contributed by atoms with Crippen molar-refractivity contribution < 1.29 is 31.2 Å². The Morgan fingerprint density at radius 2 is 1.61 bits per heavy atom. The first-order valence-corrected chi connectivity index (χ1v) is 14.9. The molecular weight excluding hydrogens is 555 g/mol. The highest BCUT2D eigenvalue weighted by Gasteiger charge is 2.32. The summed E-state index contributed by atoms with van der Waals surface area (Å²) in [5.74, 6) is -0.729. The highest BCUT2D eigenvalue weighted by Crippen LogP contribution is 2.32. The zero-order chi connectivity index (χ0) is 30.2. The molecule has 0 spiro atoms. The Balaban J connectivity index is 1.87. The van der Waals surface area contributed by atoms with Crippen molar-refractivity contribution in [2.75, 3.05) is 24.2 Å². The predicted octanol–water partition coefficient (Wildman–Crippen LogP) is 4.95. The van der Waals surface area contributed by atoms with Crippen LogP contribution >= 0.6 is 0 Å². The van der Waals surface area contributed by atoms with Crippen LogP contribution in [0.15, 0.2) is 78.9 Å². The molecule has 41 heavy (non-hydrogen) atoms. The second-order valence-electron chi connectivity index (χ2n) is 9.75. The number of carbonyl (C=O) groups is 2. The van der Waals surface area contributed by atoms with Gasteiger partial charge >= 0.3 is 6.18 Å². The number of likely N-dealkylation sites (N-methyl/N-ethyl adjacent to an activating group) is 1. The Hall–Kier alpha value is -3.86. The molecule has 220 valence electrons. The van der Waals surface area contributed by atoms with Gasteiger partial charge in [0.2, 0.25) is 21.8 Å². The van der Waals surface area contributed by atoms with Gasteiger partial charge in [-0.05, 0) is 48.2 Å². The first kappa shape index (κ1) is 31.7. The summed E-state index contributed by atoms with van der Waals surface area (Å²) in [7, 11) is -2.45. The summed E-state index contributed by atoms with van der Waals surface area (Å²) < 4.78 is 65.7. The van der Waals surface area contributed by atoms with Gasteiger partial charge in [0.05, 0.1) is 17.5 Å². The Morgan fingerprint density at radius 1 is 0.951 bits per heavy atom. The number of sulfonamides is 1. The summed E-state index contributed by atoms with van der Waals surface area (Å²) in [6, 6.07) is 20.0. The van der Waals surface area contributed by atoms with Gasteiger partial charge in [-0.3, -0.25) is 13.9 Å². The van der Waals surface area contributed by atoms with Gasteiger partial charge in [0.1, 0.15) is 6.04 Å². The second-order valence-corrected chi connectivity index (χ2v) is 11.7. The molecule has 0 unspecified atom stereocenters. The van der Waals surface area contributed by atoms with Crippen LogP contribution in [0.25, 0.3) is 0 Å². The summed E-state index contributed by atoms with van der Waals surface area (Å²) >= 11 is 0. The minimum absolute atomic E-state index is 0.0260. The molecule has 3 aromatic rings. The molecule has 0 aliphatic carbocycles. The van der Waals surface area contributed by atoms with Crippen LogP contribution in [0.2, 0.25) is 0 Å². The standard InChI is InChI=1S/C30H34F3N3O4S/c1-22-11-7-8-14-24(22)21-35(27(29(38)34-2)19-23-12-5-4-6-13-23)28(37)17-10-18-36(41(3,39)40)26-16-9-15-25(20-26)30(31,32)33/h4-9,11-16,20,27H,10,17-19,21H2,1-3H3,(H,34,38)/t27-/m0/s1. The van der Waals surface area contributed by atoms with E-state index in [4.69, 9.17) is 0 Å². The molecule has 0 aliphatic rings. The van der Waals surface area contributed by atoms with E-state index in [-0.39, 0.29) is 49.9 Å². The molecular formula is C30H34F3N3O4S. The average molecular weight is 590 g/mol. The van der Waals surface area contributed by atoms with Crippen LogP contribution in [-0.4, -0.2) is 51.0 Å². The summed E-state index contributed by atoms with van der Waals surface area (Å²) in [6.45, 7) is 1.84. The molecule has 1 N–H and O–H groups in total. The number of benzene rings is 3. The topological polar surface area (TPSA) is 86.8 Å². The van der Waals surface area contributed by atoms with E-state index in [1.54, 1.807) is 0 Å². The average Bonchev–Trinajstić information content (AvgIpc) is 2.93. The molecule has 0 radical (unpaired) electrons. The van der Waals surface area contributed by atoms with E-state index >= 15 is 0 Å². The number of hydrogen-bond acceptors (Lipinski definition) is 4. The third kappa shape index (κ3) is 8.81. The fraction of sp³-hybridized carbons (Fsp3) is 0.333. The van der Waals surface area contributed by atoms with Crippen molar-refractivity contribution >= 4 is 27.5 Å². The minimum Gasteiger partial charge on any atom is -0.357 e. The van der Waals surface area contributed by atoms with E-state index in [2.05, 4.69) is 5.32 Å². The van der Waals surface area contributed by atoms with Crippen LogP contribution in [0.3, 0.4) is 0 Å². The molecule has 3 aromatic carbocycles. The first-order valence-electron chi connectivity index (χ1n) is 13.1. The molecule has 0 saturated heterocycles. The third-order valence-electron chi connectivity index (χ3n) is 6.73. The van der Waals surface area contributed by atoms with Crippen molar-refractivity contribution in [2.24, 2.45) is 0 Å². The van der Waals surface area contributed by atoms with E-state index < -0.39 is 27.8 Å². The molecule has 7 nitrogen and oxygen atoms in total. The van der Waals surface area contributed by atoms with Crippen molar-refractivity contribution in [1.29, 1.82) is 0 Å². The fourth-order valence-corrected chi connectivity index (χ4v) is 5.49. The predicted molar refractivity (Wildman–Crippen MR) is 153 cm³/mol. The number of anilines is 1. The van der Waals surface area contributed by atoms with Gasteiger partial charge in [0.15, 0.2) is 0 Å². The number of nitrogens with zero attached hydrogens (tertiary/aromatic N) is 2. The van der Waals surface area contributed by atoms with Crippen LogP contribution in [0.1, 0.15) is 35.1 Å². The molecule has 0 fully saturated rings. The molecule has 0 aromatic heterocycles. The first-order chi connectivity index (χ1) is 19.3. The van der Waals surface area contributed by atoms with Crippen molar-refractivity contribution in [2.45, 2.75) is 44.9 Å². The minimum atomic E-state index is -4.64. The molecule has 11 heteroatoms. The largest absolute Gasteiger partial charge is 0.416 e. The van der Waals surface area contributed by atoms with Crippen molar-refractivity contribution in [1.82, 2.24) is 10.2 Å². The number of amides is 2. The lowest BCUT2D eigenvalue weighted by molar-refractivity contribution is -0.141. The van der Waals surface area contributed by atoms with Gasteiger partial charge in [-0.1, -0.05) is 60.7 Å². The molecule has 0 aliphatic heterocycles. The molecule has 2 amide bonds. The van der Waals surface area contributed by atoms with Crippen molar-refractivity contribution in [3.05, 3.63) is 101 Å². The highest BCUT2D eigenvalue weighted by molar-refractivity contribution is 7.92. The molecule has 1 atom stereocenters. The molecule has 0 heterocycles. The molecule has 3 rings (SSSR count). The van der Waals surface area contributed by atoms with Gasteiger partial charge in [-0.25, -0.2) is 8.42 Å². The summed E-state index contributed by atoms with van der Waals surface area (Å²) in [6.07, 6.45) is -3.57. The lowest BCUT2D eigenvalue weighted by Gasteiger charge is -2.32. The molecule has 0 saturated carbocycles. The van der Waals surface area contributed by atoms with E-state index in [0.29, 0.717) is 0 Å². The fourth-order valence-electron chi connectivity index (χ4n) is 4.53. The Kier molecular flexibility index (Phi) is 10.6. The Morgan fingerprint density at radius 3 is 2.22 bits per heavy atom. The Bertz CT molecular complexity index is 1450. The van der Waals surface area contributed by atoms with Gasteiger partial charge in [0, 0.05) is 33.0 Å².